The van der Waals surface area contributed by atoms with Gasteiger partial charge >= 0.3 is 11.9 Å². The minimum atomic E-state index is -0.565. The van der Waals surface area contributed by atoms with Crippen LogP contribution in [0.1, 0.15) is 36.5 Å². The van der Waals surface area contributed by atoms with Crippen LogP contribution in [0.3, 0.4) is 0 Å². The molecule has 0 bridgehead atoms. The molecule has 0 radical (unpaired) electrons. The Balaban J connectivity index is 2.21. The van der Waals surface area contributed by atoms with Gasteiger partial charge in [-0.15, -0.1) is 0 Å². The largest absolute Gasteiger partial charge is 0.463 e. The lowest BCUT2D eigenvalue weighted by Gasteiger charge is -2.31. The molecule has 156 valence electrons. The number of nitrogens with zero attached hydrogens (tertiary/aromatic N) is 1. The van der Waals surface area contributed by atoms with Gasteiger partial charge in [0.25, 0.3) is 0 Å². The number of esters is 2. The summed E-state index contributed by atoms with van der Waals surface area (Å²) in [5, 5.41) is 0. The van der Waals surface area contributed by atoms with Crippen LogP contribution in [0, 0.1) is 13.8 Å². The van der Waals surface area contributed by atoms with Gasteiger partial charge in [0.1, 0.15) is 0 Å². The van der Waals surface area contributed by atoms with Gasteiger partial charge in [-0.3, -0.25) is 0 Å². The topological polar surface area (TPSA) is 55.8 Å². The van der Waals surface area contributed by atoms with E-state index in [1.54, 1.807) is 26.2 Å². The first-order valence-corrected chi connectivity index (χ1v) is 10.1. The summed E-state index contributed by atoms with van der Waals surface area (Å²) in [6, 6.07) is 15.5. The first kappa shape index (κ1) is 21.4. The fourth-order valence-corrected chi connectivity index (χ4v) is 3.77. The summed E-state index contributed by atoms with van der Waals surface area (Å²) in [6.07, 6.45) is 3.54. The third-order valence-corrected chi connectivity index (χ3v) is 5.03. The number of aryl methyl sites for hydroxylation is 2. The molecule has 0 spiro atoms. The highest BCUT2D eigenvalue weighted by molar-refractivity contribution is 6.00. The highest BCUT2D eigenvalue weighted by Gasteiger charge is 2.36. The lowest BCUT2D eigenvalue weighted by Crippen LogP contribution is -2.29. The zero-order chi connectivity index (χ0) is 21.7. The van der Waals surface area contributed by atoms with Gasteiger partial charge in [0, 0.05) is 12.4 Å². The van der Waals surface area contributed by atoms with E-state index in [2.05, 4.69) is 0 Å². The van der Waals surface area contributed by atoms with Crippen molar-refractivity contribution in [3.8, 4) is 0 Å². The van der Waals surface area contributed by atoms with Crippen molar-refractivity contribution in [2.45, 2.75) is 33.6 Å². The average Bonchev–Trinajstić information content (AvgIpc) is 2.74. The fraction of sp³-hybridized carbons (Fsp3) is 0.280. The Morgan fingerprint density at radius 2 is 1.30 bits per heavy atom. The minimum absolute atomic E-state index is 0.250. The highest BCUT2D eigenvalue weighted by atomic mass is 16.5. The van der Waals surface area contributed by atoms with Crippen LogP contribution in [0.25, 0.3) is 0 Å². The number of hydrogen-bond donors (Lipinski definition) is 0. The maximum atomic E-state index is 13.0. The second-order valence-electron chi connectivity index (χ2n) is 7.10. The predicted octanol–water partition coefficient (Wildman–Crippen LogP) is 4.80. The third-order valence-electron chi connectivity index (χ3n) is 5.03. The Bertz CT molecular complexity index is 935. The lowest BCUT2D eigenvalue weighted by molar-refractivity contribution is -0.139. The van der Waals surface area contributed by atoms with Crippen molar-refractivity contribution in [1.82, 2.24) is 0 Å². The van der Waals surface area contributed by atoms with Gasteiger partial charge in [-0.1, -0.05) is 48.5 Å². The third kappa shape index (κ3) is 4.30. The van der Waals surface area contributed by atoms with Crippen LogP contribution in [-0.2, 0) is 19.1 Å². The molecule has 2 aromatic rings. The molecule has 0 N–H and O–H groups in total. The van der Waals surface area contributed by atoms with Gasteiger partial charge in [-0.2, -0.15) is 0 Å². The van der Waals surface area contributed by atoms with Crippen molar-refractivity contribution in [3.05, 3.63) is 88.8 Å². The number of ether oxygens (including phenoxy) is 2. The molecule has 1 aliphatic heterocycles. The van der Waals surface area contributed by atoms with Gasteiger partial charge in [0.15, 0.2) is 0 Å². The summed E-state index contributed by atoms with van der Waals surface area (Å²) in [4.78, 5) is 27.8. The summed E-state index contributed by atoms with van der Waals surface area (Å²) in [6.45, 7) is 8.04. The van der Waals surface area contributed by atoms with Crippen LogP contribution in [0.15, 0.2) is 72.1 Å². The maximum absolute atomic E-state index is 13.0. The Morgan fingerprint density at radius 3 is 1.77 bits per heavy atom. The second kappa shape index (κ2) is 9.44. The first-order chi connectivity index (χ1) is 14.5. The van der Waals surface area contributed by atoms with Gasteiger partial charge < -0.3 is 14.4 Å². The zero-order valence-corrected chi connectivity index (χ0v) is 17.8. The number of rotatable bonds is 6. The van der Waals surface area contributed by atoms with E-state index in [4.69, 9.17) is 9.47 Å². The fourth-order valence-electron chi connectivity index (χ4n) is 3.77. The minimum Gasteiger partial charge on any atom is -0.463 e. The summed E-state index contributed by atoms with van der Waals surface area (Å²) in [5.41, 5.74) is 4.62. The molecule has 5 heteroatoms. The van der Waals surface area contributed by atoms with Crippen molar-refractivity contribution < 1.29 is 19.1 Å². The van der Waals surface area contributed by atoms with Crippen LogP contribution in [0.2, 0.25) is 0 Å². The smallest absolute Gasteiger partial charge is 0.336 e. The standard InChI is InChI=1S/C25H27NO4/c1-5-29-24(27)20-15-26(23-17(3)11-10-12-18(23)4)16-21(25(28)30-6-2)22(20)19-13-8-7-9-14-19/h7-16,22H,5-6H2,1-4H3. The summed E-state index contributed by atoms with van der Waals surface area (Å²) >= 11 is 0. The molecule has 30 heavy (non-hydrogen) atoms. The van der Waals surface area contributed by atoms with E-state index in [9.17, 15) is 9.59 Å². The summed E-state index contributed by atoms with van der Waals surface area (Å²) in [5.74, 6) is -1.46. The molecular formula is C25H27NO4. The summed E-state index contributed by atoms with van der Waals surface area (Å²) < 4.78 is 10.7. The van der Waals surface area contributed by atoms with Crippen LogP contribution in [-0.4, -0.2) is 25.2 Å². The van der Waals surface area contributed by atoms with Crippen molar-refractivity contribution in [2.24, 2.45) is 0 Å². The molecular weight excluding hydrogens is 378 g/mol. The molecule has 0 amide bonds. The van der Waals surface area contributed by atoms with Crippen molar-refractivity contribution in [3.63, 3.8) is 0 Å². The van der Waals surface area contributed by atoms with Crippen LogP contribution < -0.4 is 4.90 Å². The van der Waals surface area contributed by atoms with Crippen molar-refractivity contribution >= 4 is 17.6 Å². The molecule has 0 unspecified atom stereocenters. The molecule has 1 heterocycles. The van der Waals surface area contributed by atoms with E-state index in [1.165, 1.54) is 0 Å². The Kier molecular flexibility index (Phi) is 6.72. The van der Waals surface area contributed by atoms with E-state index in [-0.39, 0.29) is 13.2 Å². The van der Waals surface area contributed by atoms with Crippen LogP contribution in [0.5, 0.6) is 0 Å². The molecule has 1 aliphatic rings. The lowest BCUT2D eigenvalue weighted by atomic mass is 9.83. The molecule has 0 saturated carbocycles. The Labute approximate surface area is 177 Å². The quantitative estimate of drug-likeness (QED) is 0.646. The molecule has 0 saturated heterocycles. The maximum Gasteiger partial charge on any atom is 0.336 e. The van der Waals surface area contributed by atoms with Gasteiger partial charge in [-0.05, 0) is 44.4 Å². The van der Waals surface area contributed by atoms with Crippen molar-refractivity contribution in [1.29, 1.82) is 0 Å². The van der Waals surface area contributed by atoms with Gasteiger partial charge in [0.05, 0.1) is 36.0 Å². The Morgan fingerprint density at radius 1 is 0.800 bits per heavy atom. The van der Waals surface area contributed by atoms with E-state index in [0.29, 0.717) is 11.1 Å². The molecule has 0 aromatic heterocycles. The van der Waals surface area contributed by atoms with Gasteiger partial charge in [-0.25, -0.2) is 9.59 Å². The number of anilines is 1. The monoisotopic (exact) mass is 405 g/mol. The summed E-state index contributed by atoms with van der Waals surface area (Å²) in [7, 11) is 0. The molecule has 0 atom stereocenters. The highest BCUT2D eigenvalue weighted by Crippen LogP contribution is 2.39. The molecule has 5 nitrogen and oxygen atoms in total. The first-order valence-electron chi connectivity index (χ1n) is 10.1. The van der Waals surface area contributed by atoms with E-state index in [1.807, 2.05) is 67.3 Å². The van der Waals surface area contributed by atoms with E-state index < -0.39 is 17.9 Å². The molecule has 0 fully saturated rings. The van der Waals surface area contributed by atoms with E-state index >= 15 is 0 Å². The molecule has 2 aromatic carbocycles. The molecule has 0 aliphatic carbocycles. The number of carbonyl (C=O) groups excluding carboxylic acids is 2. The number of benzene rings is 2. The predicted molar refractivity (Wildman–Crippen MR) is 117 cm³/mol. The second-order valence-corrected chi connectivity index (χ2v) is 7.10. The zero-order valence-electron chi connectivity index (χ0n) is 17.8. The number of carbonyl (C=O) groups is 2. The normalized spacial score (nSPS) is 14.1. The number of para-hydroxylation sites is 1. The Hall–Kier alpha value is -3.34. The molecule has 3 rings (SSSR count). The van der Waals surface area contributed by atoms with Crippen LogP contribution in [0.4, 0.5) is 5.69 Å². The SMILES string of the molecule is CCOC(=O)C1=CN(c2c(C)cccc2C)C=C(C(=O)OCC)C1c1ccccc1. The van der Waals surface area contributed by atoms with Gasteiger partial charge in [0.2, 0.25) is 0 Å². The number of hydrogen-bond acceptors (Lipinski definition) is 5. The van der Waals surface area contributed by atoms with Crippen molar-refractivity contribution in [2.75, 3.05) is 18.1 Å². The van der Waals surface area contributed by atoms with E-state index in [0.717, 1.165) is 22.4 Å². The van der Waals surface area contributed by atoms with Crippen LogP contribution >= 0.6 is 0 Å². The average molecular weight is 405 g/mol.